The average Bonchev–Trinajstić information content (AvgIpc) is 2.73. The summed E-state index contributed by atoms with van der Waals surface area (Å²) in [6, 6.07) is 18.4. The minimum absolute atomic E-state index is 0.0492. The quantitative estimate of drug-likeness (QED) is 0.519. The Kier molecular flexibility index (Phi) is 6.26. The van der Waals surface area contributed by atoms with E-state index < -0.39 is 6.04 Å². The zero-order valence-corrected chi connectivity index (χ0v) is 16.6. The molecule has 150 valence electrons. The van der Waals surface area contributed by atoms with Gasteiger partial charge in [0.2, 0.25) is 5.91 Å². The second-order valence-electron chi connectivity index (χ2n) is 7.12. The van der Waals surface area contributed by atoms with E-state index in [1.165, 1.54) is 0 Å². The number of anilines is 1. The van der Waals surface area contributed by atoms with Crippen LogP contribution in [0.4, 0.5) is 5.69 Å². The largest absolute Gasteiger partial charge is 0.345 e. The van der Waals surface area contributed by atoms with E-state index in [4.69, 9.17) is 11.5 Å². The first-order valence-electron chi connectivity index (χ1n) is 9.56. The van der Waals surface area contributed by atoms with Crippen molar-refractivity contribution in [3.8, 4) is 0 Å². The molecule has 6 nitrogen and oxygen atoms in total. The van der Waals surface area contributed by atoms with E-state index in [-0.39, 0.29) is 24.4 Å². The number of aryl methyl sites for hydroxylation is 1. The van der Waals surface area contributed by atoms with Gasteiger partial charge in [-0.1, -0.05) is 48.5 Å². The molecular formula is C23H26N4O2. The summed E-state index contributed by atoms with van der Waals surface area (Å²) in [4.78, 5) is 24.9. The highest BCUT2D eigenvalue weighted by Gasteiger charge is 2.17. The first-order chi connectivity index (χ1) is 13.9. The lowest BCUT2D eigenvalue weighted by Gasteiger charge is -2.18. The van der Waals surface area contributed by atoms with Crippen molar-refractivity contribution < 1.29 is 9.59 Å². The third kappa shape index (κ3) is 4.62. The molecule has 29 heavy (non-hydrogen) atoms. The molecule has 6 heteroatoms. The molecule has 0 saturated heterocycles. The van der Waals surface area contributed by atoms with Crippen molar-refractivity contribution in [2.45, 2.75) is 25.9 Å². The summed E-state index contributed by atoms with van der Waals surface area (Å²) in [5, 5.41) is 8.00. The first kappa shape index (κ1) is 20.5. The highest BCUT2D eigenvalue weighted by molar-refractivity contribution is 6.00. The maximum absolute atomic E-state index is 12.9. The number of carbonyl (C=O) groups excluding carboxylic acids is 2. The van der Waals surface area contributed by atoms with E-state index in [1.807, 2.05) is 38.1 Å². The lowest BCUT2D eigenvalue weighted by molar-refractivity contribution is -0.117. The van der Waals surface area contributed by atoms with Crippen LogP contribution in [0.2, 0.25) is 0 Å². The summed E-state index contributed by atoms with van der Waals surface area (Å²) in [6.45, 7) is 3.86. The number of amides is 2. The predicted octanol–water partition coefficient (Wildman–Crippen LogP) is 2.86. The van der Waals surface area contributed by atoms with Gasteiger partial charge in [0, 0.05) is 17.8 Å². The van der Waals surface area contributed by atoms with Crippen LogP contribution in [0.3, 0.4) is 0 Å². The van der Waals surface area contributed by atoms with Crippen LogP contribution in [-0.4, -0.2) is 24.4 Å². The number of benzene rings is 3. The van der Waals surface area contributed by atoms with Crippen molar-refractivity contribution >= 4 is 28.3 Å². The zero-order valence-electron chi connectivity index (χ0n) is 16.6. The minimum Gasteiger partial charge on any atom is -0.345 e. The normalized spacial score (nSPS) is 13.0. The maximum atomic E-state index is 12.9. The molecule has 3 aromatic rings. The van der Waals surface area contributed by atoms with Gasteiger partial charge in [-0.15, -0.1) is 0 Å². The predicted molar refractivity (Wildman–Crippen MR) is 117 cm³/mol. The van der Waals surface area contributed by atoms with Gasteiger partial charge in [-0.3, -0.25) is 9.59 Å². The lowest BCUT2D eigenvalue weighted by atomic mass is 9.99. The van der Waals surface area contributed by atoms with Crippen LogP contribution in [0.5, 0.6) is 0 Å². The van der Waals surface area contributed by atoms with Crippen molar-refractivity contribution in [3.63, 3.8) is 0 Å². The third-order valence-electron chi connectivity index (χ3n) is 4.98. The van der Waals surface area contributed by atoms with E-state index in [1.54, 1.807) is 18.2 Å². The van der Waals surface area contributed by atoms with Gasteiger partial charge in [0.25, 0.3) is 5.91 Å². The zero-order chi connectivity index (χ0) is 21.0. The van der Waals surface area contributed by atoms with Gasteiger partial charge in [-0.2, -0.15) is 0 Å². The Morgan fingerprint density at radius 2 is 1.76 bits per heavy atom. The molecular weight excluding hydrogens is 364 g/mol. The van der Waals surface area contributed by atoms with Crippen molar-refractivity contribution in [3.05, 3.63) is 77.4 Å². The Hall–Kier alpha value is -3.22. The summed E-state index contributed by atoms with van der Waals surface area (Å²) >= 11 is 0. The second kappa shape index (κ2) is 8.86. The highest BCUT2D eigenvalue weighted by Crippen LogP contribution is 2.25. The molecule has 3 rings (SSSR count). The molecule has 0 heterocycles. The van der Waals surface area contributed by atoms with Crippen LogP contribution < -0.4 is 22.1 Å². The fraction of sp³-hybridized carbons (Fsp3) is 0.217. The van der Waals surface area contributed by atoms with Gasteiger partial charge in [0.15, 0.2) is 0 Å². The number of carbonyl (C=O) groups is 2. The van der Waals surface area contributed by atoms with E-state index in [2.05, 4.69) is 28.8 Å². The molecule has 0 aliphatic rings. The van der Waals surface area contributed by atoms with Crippen LogP contribution in [0.25, 0.3) is 10.8 Å². The molecule has 0 bridgehead atoms. The SMILES string of the molecule is Cc1ccc(NC(=O)[C@@H](N)CN)cc1C(=O)N[C@@H](C)c1cccc2ccccc12. The molecule has 0 spiro atoms. The van der Waals surface area contributed by atoms with Gasteiger partial charge < -0.3 is 22.1 Å². The number of nitrogens with one attached hydrogen (secondary N) is 2. The Labute approximate surface area is 170 Å². The fourth-order valence-corrected chi connectivity index (χ4v) is 3.27. The van der Waals surface area contributed by atoms with Crippen LogP contribution in [-0.2, 0) is 4.79 Å². The third-order valence-corrected chi connectivity index (χ3v) is 4.98. The van der Waals surface area contributed by atoms with Crippen molar-refractivity contribution in [2.24, 2.45) is 11.5 Å². The molecule has 3 aromatic carbocycles. The van der Waals surface area contributed by atoms with Gasteiger partial charge in [0.05, 0.1) is 12.1 Å². The molecule has 0 saturated carbocycles. The molecule has 0 fully saturated rings. The summed E-state index contributed by atoms with van der Waals surface area (Å²) < 4.78 is 0. The van der Waals surface area contributed by atoms with Crippen LogP contribution in [0.15, 0.2) is 60.7 Å². The topological polar surface area (TPSA) is 110 Å². The van der Waals surface area contributed by atoms with Gasteiger partial charge >= 0.3 is 0 Å². The Morgan fingerprint density at radius 1 is 1.03 bits per heavy atom. The minimum atomic E-state index is -0.792. The lowest BCUT2D eigenvalue weighted by Crippen LogP contribution is -2.41. The van der Waals surface area contributed by atoms with E-state index in [0.29, 0.717) is 11.3 Å². The maximum Gasteiger partial charge on any atom is 0.252 e. The van der Waals surface area contributed by atoms with Crippen LogP contribution >= 0.6 is 0 Å². The smallest absolute Gasteiger partial charge is 0.252 e. The summed E-state index contributed by atoms with van der Waals surface area (Å²) in [5.41, 5.74) is 13.9. The Bertz CT molecular complexity index is 1040. The second-order valence-corrected chi connectivity index (χ2v) is 7.12. The molecule has 6 N–H and O–H groups in total. The Balaban J connectivity index is 1.81. The standard InChI is InChI=1S/C23H26N4O2/c1-14-10-11-17(27-23(29)21(25)13-24)12-20(14)22(28)26-15(2)18-9-5-7-16-6-3-4-8-19(16)18/h3-12,15,21H,13,24-25H2,1-2H3,(H,26,28)(H,27,29)/t15-,21-/m0/s1. The molecule has 0 aliphatic heterocycles. The van der Waals surface area contributed by atoms with Crippen LogP contribution in [0, 0.1) is 6.92 Å². The van der Waals surface area contributed by atoms with E-state index in [9.17, 15) is 9.59 Å². The molecule has 0 radical (unpaired) electrons. The number of hydrogen-bond donors (Lipinski definition) is 4. The first-order valence-corrected chi connectivity index (χ1v) is 9.56. The van der Waals surface area contributed by atoms with Gasteiger partial charge in [0.1, 0.15) is 0 Å². The summed E-state index contributed by atoms with van der Waals surface area (Å²) in [6.07, 6.45) is 0. The highest BCUT2D eigenvalue weighted by atomic mass is 16.2. The van der Waals surface area contributed by atoms with E-state index in [0.717, 1.165) is 21.9 Å². The molecule has 2 atom stereocenters. The van der Waals surface area contributed by atoms with Crippen molar-refractivity contribution in [1.82, 2.24) is 5.32 Å². The van der Waals surface area contributed by atoms with Crippen molar-refractivity contribution in [2.75, 3.05) is 11.9 Å². The Morgan fingerprint density at radius 3 is 2.52 bits per heavy atom. The molecule has 0 unspecified atom stereocenters. The monoisotopic (exact) mass is 390 g/mol. The van der Waals surface area contributed by atoms with Gasteiger partial charge in [-0.05, 0) is 47.9 Å². The molecule has 2 amide bonds. The molecule has 0 aromatic heterocycles. The van der Waals surface area contributed by atoms with Gasteiger partial charge in [-0.25, -0.2) is 0 Å². The summed E-state index contributed by atoms with van der Waals surface area (Å²) in [5.74, 6) is -0.589. The summed E-state index contributed by atoms with van der Waals surface area (Å²) in [7, 11) is 0. The van der Waals surface area contributed by atoms with Crippen molar-refractivity contribution in [1.29, 1.82) is 0 Å². The number of nitrogens with two attached hydrogens (primary N) is 2. The number of fused-ring (bicyclic) bond motifs is 1. The number of hydrogen-bond acceptors (Lipinski definition) is 4. The van der Waals surface area contributed by atoms with Crippen LogP contribution in [0.1, 0.15) is 34.5 Å². The fourth-order valence-electron chi connectivity index (χ4n) is 3.27. The number of rotatable bonds is 6. The average molecular weight is 390 g/mol. The van der Waals surface area contributed by atoms with E-state index >= 15 is 0 Å². The molecule has 0 aliphatic carbocycles.